The van der Waals surface area contributed by atoms with E-state index < -0.39 is 40.2 Å². The lowest BCUT2D eigenvalue weighted by Crippen LogP contribution is -2.51. The summed E-state index contributed by atoms with van der Waals surface area (Å²) in [5.74, 6) is -1.21. The van der Waals surface area contributed by atoms with Crippen molar-refractivity contribution in [1.82, 2.24) is 10.2 Å². The molecule has 0 aliphatic rings. The largest absolute Gasteiger partial charge is 0.495 e. The molecule has 0 heterocycles. The van der Waals surface area contributed by atoms with Gasteiger partial charge < -0.3 is 15.0 Å². The molecule has 0 unspecified atom stereocenters. The molecule has 0 aliphatic heterocycles. The molecule has 8 nitrogen and oxygen atoms in total. The van der Waals surface area contributed by atoms with E-state index in [1.165, 1.54) is 67.5 Å². The number of ether oxygens (including phenoxy) is 1. The van der Waals surface area contributed by atoms with E-state index in [1.807, 2.05) is 13.8 Å². The lowest BCUT2D eigenvalue weighted by Gasteiger charge is -2.32. The Morgan fingerprint density at radius 3 is 2.25 bits per heavy atom. The molecule has 0 saturated carbocycles. The third-order valence-electron chi connectivity index (χ3n) is 6.18. The Hall–Kier alpha value is -3.63. The maximum Gasteiger partial charge on any atom is 0.264 e. The second-order valence-electron chi connectivity index (χ2n) is 9.57. The molecule has 0 spiro atoms. The molecule has 3 aromatic carbocycles. The second-order valence-corrected chi connectivity index (χ2v) is 11.8. The summed E-state index contributed by atoms with van der Waals surface area (Å²) < 4.78 is 48.3. The van der Waals surface area contributed by atoms with Gasteiger partial charge in [-0.05, 0) is 49.2 Å². The molecule has 0 fully saturated rings. The van der Waals surface area contributed by atoms with Crippen molar-refractivity contribution in [2.75, 3.05) is 24.5 Å². The number of carbonyl (C=O) groups excluding carboxylic acids is 2. The van der Waals surface area contributed by atoms with Gasteiger partial charge in [-0.15, -0.1) is 0 Å². The zero-order valence-electron chi connectivity index (χ0n) is 22.8. The summed E-state index contributed by atoms with van der Waals surface area (Å²) in [7, 11) is -2.83. The minimum absolute atomic E-state index is 0.0434. The Kier molecular flexibility index (Phi) is 10.5. The first-order chi connectivity index (χ1) is 18.9. The van der Waals surface area contributed by atoms with Crippen LogP contribution in [0, 0.1) is 11.7 Å². The molecule has 214 valence electrons. The molecule has 1 atom stereocenters. The van der Waals surface area contributed by atoms with Gasteiger partial charge >= 0.3 is 0 Å². The van der Waals surface area contributed by atoms with Crippen LogP contribution < -0.4 is 14.4 Å². The first-order valence-corrected chi connectivity index (χ1v) is 14.5. The van der Waals surface area contributed by atoms with E-state index in [2.05, 4.69) is 5.32 Å². The average Bonchev–Trinajstić information content (AvgIpc) is 2.94. The molecule has 40 heavy (non-hydrogen) atoms. The highest BCUT2D eigenvalue weighted by atomic mass is 35.5. The second kappa shape index (κ2) is 13.6. The van der Waals surface area contributed by atoms with E-state index >= 15 is 0 Å². The number of hydrogen-bond acceptors (Lipinski definition) is 5. The van der Waals surface area contributed by atoms with Gasteiger partial charge in [-0.1, -0.05) is 61.8 Å². The van der Waals surface area contributed by atoms with Crippen molar-refractivity contribution >= 4 is 39.1 Å². The van der Waals surface area contributed by atoms with Crippen LogP contribution in [0.25, 0.3) is 0 Å². The molecule has 11 heteroatoms. The van der Waals surface area contributed by atoms with Crippen LogP contribution >= 0.6 is 11.6 Å². The molecule has 0 radical (unpaired) electrons. The number of halogens is 2. The zero-order valence-corrected chi connectivity index (χ0v) is 24.4. The van der Waals surface area contributed by atoms with Crippen LogP contribution in [-0.2, 0) is 26.2 Å². The third kappa shape index (κ3) is 7.51. The van der Waals surface area contributed by atoms with Gasteiger partial charge in [0.25, 0.3) is 10.0 Å². The summed E-state index contributed by atoms with van der Waals surface area (Å²) in [4.78, 5) is 28.0. The van der Waals surface area contributed by atoms with Gasteiger partial charge in [0.05, 0.1) is 22.7 Å². The molecule has 2 amide bonds. The van der Waals surface area contributed by atoms with E-state index in [9.17, 15) is 22.4 Å². The van der Waals surface area contributed by atoms with Crippen LogP contribution in [-0.4, -0.2) is 51.4 Å². The Labute approximate surface area is 239 Å². The Morgan fingerprint density at radius 1 is 1.00 bits per heavy atom. The van der Waals surface area contributed by atoms with Gasteiger partial charge in [-0.25, -0.2) is 12.8 Å². The number of carbonyl (C=O) groups is 2. The molecule has 0 aliphatic carbocycles. The summed E-state index contributed by atoms with van der Waals surface area (Å²) in [6.07, 6.45) is 0. The summed E-state index contributed by atoms with van der Waals surface area (Å²) >= 11 is 6.31. The van der Waals surface area contributed by atoms with E-state index in [0.29, 0.717) is 12.3 Å². The summed E-state index contributed by atoms with van der Waals surface area (Å²) in [6.45, 7) is 4.85. The molecule has 1 N–H and O–H groups in total. The maximum atomic E-state index is 14.6. The highest BCUT2D eigenvalue weighted by Crippen LogP contribution is 2.32. The van der Waals surface area contributed by atoms with E-state index in [1.54, 1.807) is 24.3 Å². The Balaban J connectivity index is 2.05. The lowest BCUT2D eigenvalue weighted by molar-refractivity contribution is -0.139. The number of amides is 2. The van der Waals surface area contributed by atoms with Crippen LogP contribution in [0.2, 0.25) is 5.02 Å². The SMILES string of the molecule is COc1ccc(N(CC(=O)N(Cc2ccccc2F)[C@H](C)C(=O)NCC(C)C)S(=O)(=O)c2ccccc2)cc1Cl. The topological polar surface area (TPSA) is 96.0 Å². The molecule has 3 rings (SSSR count). The van der Waals surface area contributed by atoms with Crippen LogP contribution in [0.1, 0.15) is 26.3 Å². The predicted molar refractivity (Wildman–Crippen MR) is 153 cm³/mol. The van der Waals surface area contributed by atoms with Crippen LogP contribution in [0.4, 0.5) is 10.1 Å². The third-order valence-corrected chi connectivity index (χ3v) is 8.27. The number of nitrogens with zero attached hydrogens (tertiary/aromatic N) is 2. The first kappa shape index (κ1) is 30.9. The van der Waals surface area contributed by atoms with Gasteiger partial charge in [0.2, 0.25) is 11.8 Å². The Bertz CT molecular complexity index is 1440. The molecule has 0 saturated heterocycles. The van der Waals surface area contributed by atoms with Crippen molar-refractivity contribution in [2.24, 2.45) is 5.92 Å². The standard InChI is InChI=1S/C29H33ClFN3O5S/c1-20(2)17-32-29(36)21(3)33(18-22-10-8-9-13-26(22)31)28(35)19-34(23-14-15-27(39-4)25(30)16-23)40(37,38)24-11-6-5-7-12-24/h5-16,20-21H,17-19H2,1-4H3,(H,32,36)/t21-/m1/s1. The van der Waals surface area contributed by atoms with Crippen molar-refractivity contribution in [2.45, 2.75) is 38.3 Å². The minimum atomic E-state index is -4.26. The highest BCUT2D eigenvalue weighted by Gasteiger charge is 2.33. The van der Waals surface area contributed by atoms with E-state index in [4.69, 9.17) is 16.3 Å². The molecular formula is C29H33ClFN3O5S. The van der Waals surface area contributed by atoms with Crippen LogP contribution in [0.15, 0.2) is 77.7 Å². The Morgan fingerprint density at radius 2 is 1.65 bits per heavy atom. The minimum Gasteiger partial charge on any atom is -0.495 e. The smallest absolute Gasteiger partial charge is 0.264 e. The van der Waals surface area contributed by atoms with Crippen molar-refractivity contribution in [3.8, 4) is 5.75 Å². The number of hydrogen-bond donors (Lipinski definition) is 1. The molecule has 0 bridgehead atoms. The highest BCUT2D eigenvalue weighted by molar-refractivity contribution is 7.92. The van der Waals surface area contributed by atoms with Crippen LogP contribution in [0.5, 0.6) is 5.75 Å². The normalized spacial score (nSPS) is 12.1. The number of benzene rings is 3. The number of anilines is 1. The summed E-state index contributed by atoms with van der Waals surface area (Å²) in [5.41, 5.74) is 0.301. The van der Waals surface area contributed by atoms with Gasteiger partial charge in [-0.3, -0.25) is 13.9 Å². The van der Waals surface area contributed by atoms with Crippen molar-refractivity contribution in [3.63, 3.8) is 0 Å². The number of methoxy groups -OCH3 is 1. The quantitative estimate of drug-likeness (QED) is 0.325. The van der Waals surface area contributed by atoms with Gasteiger partial charge in [0, 0.05) is 18.7 Å². The van der Waals surface area contributed by atoms with Crippen molar-refractivity contribution in [1.29, 1.82) is 0 Å². The summed E-state index contributed by atoms with van der Waals surface area (Å²) in [6, 6.07) is 16.9. The van der Waals surface area contributed by atoms with Crippen LogP contribution in [0.3, 0.4) is 0 Å². The molecule has 3 aromatic rings. The van der Waals surface area contributed by atoms with Gasteiger partial charge in [-0.2, -0.15) is 0 Å². The average molecular weight is 590 g/mol. The predicted octanol–water partition coefficient (Wildman–Crippen LogP) is 4.87. The monoisotopic (exact) mass is 589 g/mol. The fraction of sp³-hybridized carbons (Fsp3) is 0.310. The number of nitrogens with one attached hydrogen (secondary N) is 1. The molecule has 0 aromatic heterocycles. The number of rotatable bonds is 12. The lowest BCUT2D eigenvalue weighted by atomic mass is 10.1. The van der Waals surface area contributed by atoms with E-state index in [-0.39, 0.29) is 33.6 Å². The van der Waals surface area contributed by atoms with Gasteiger partial charge in [0.1, 0.15) is 24.2 Å². The fourth-order valence-corrected chi connectivity index (χ4v) is 5.58. The fourth-order valence-electron chi connectivity index (χ4n) is 3.90. The van der Waals surface area contributed by atoms with Crippen molar-refractivity contribution in [3.05, 3.63) is 89.2 Å². The van der Waals surface area contributed by atoms with Gasteiger partial charge in [0.15, 0.2) is 0 Å². The summed E-state index contributed by atoms with van der Waals surface area (Å²) in [5, 5.41) is 2.93. The maximum absolute atomic E-state index is 14.6. The van der Waals surface area contributed by atoms with Crippen molar-refractivity contribution < 1.29 is 27.1 Å². The first-order valence-electron chi connectivity index (χ1n) is 12.7. The number of sulfonamides is 1. The zero-order chi connectivity index (χ0) is 29.4. The van der Waals surface area contributed by atoms with E-state index in [0.717, 1.165) is 4.31 Å². The molecular weight excluding hydrogens is 557 g/mol.